The van der Waals surface area contributed by atoms with Crippen LogP contribution in [0.15, 0.2) is 42.9 Å². The smallest absolute Gasteiger partial charge is 0.115 e. The largest absolute Gasteiger partial charge is 0.308 e. The van der Waals surface area contributed by atoms with Crippen LogP contribution >= 0.6 is 0 Å². The Morgan fingerprint density at radius 3 is 2.50 bits per heavy atom. The Morgan fingerprint density at radius 2 is 1.94 bits per heavy atom. The highest BCUT2D eigenvalue weighted by atomic mass is 14.9. The first-order valence-corrected chi connectivity index (χ1v) is 6.37. The third-order valence-electron chi connectivity index (χ3n) is 3.04. The zero-order valence-electron chi connectivity index (χ0n) is 10.9. The molecule has 2 rings (SSSR count). The highest BCUT2D eigenvalue weighted by Gasteiger charge is 2.12. The van der Waals surface area contributed by atoms with Gasteiger partial charge in [0.25, 0.3) is 0 Å². The van der Waals surface area contributed by atoms with Gasteiger partial charge in [0.15, 0.2) is 0 Å². The normalized spacial score (nSPS) is 12.3. The Balaban J connectivity index is 2.23. The fourth-order valence-corrected chi connectivity index (χ4v) is 2.12. The highest BCUT2D eigenvalue weighted by molar-refractivity contribution is 5.30. The molecule has 0 aliphatic heterocycles. The van der Waals surface area contributed by atoms with Crippen molar-refractivity contribution in [2.24, 2.45) is 0 Å². The predicted molar refractivity (Wildman–Crippen MR) is 73.4 cm³/mol. The zero-order chi connectivity index (χ0) is 12.8. The molecule has 1 N–H and O–H groups in total. The van der Waals surface area contributed by atoms with Crippen molar-refractivity contribution >= 4 is 0 Å². The van der Waals surface area contributed by atoms with Gasteiger partial charge in [-0.3, -0.25) is 0 Å². The van der Waals surface area contributed by atoms with Gasteiger partial charge in [0.2, 0.25) is 0 Å². The number of aryl methyl sites for hydroxylation is 1. The monoisotopic (exact) mass is 241 g/mol. The summed E-state index contributed by atoms with van der Waals surface area (Å²) in [5.41, 5.74) is 3.62. The van der Waals surface area contributed by atoms with Crippen LogP contribution in [0.5, 0.6) is 0 Å². The summed E-state index contributed by atoms with van der Waals surface area (Å²) in [6.45, 7) is 2.20. The summed E-state index contributed by atoms with van der Waals surface area (Å²) in [6.07, 6.45) is 5.68. The summed E-state index contributed by atoms with van der Waals surface area (Å²) in [7, 11) is 1.95. The standard InChI is InChI=1S/C15H19N3/c1-3-4-12-5-7-13(8-6-12)15(16-2)14-9-10-17-11-18-14/h5-11,15-16H,3-4H2,1-2H3. The second-order valence-electron chi connectivity index (χ2n) is 4.35. The minimum Gasteiger partial charge on any atom is -0.308 e. The summed E-state index contributed by atoms with van der Waals surface area (Å²) < 4.78 is 0. The lowest BCUT2D eigenvalue weighted by Crippen LogP contribution is -2.18. The minimum atomic E-state index is 0.128. The third kappa shape index (κ3) is 2.93. The van der Waals surface area contributed by atoms with Crippen LogP contribution in [-0.2, 0) is 6.42 Å². The van der Waals surface area contributed by atoms with Crippen molar-refractivity contribution in [3.05, 3.63) is 59.7 Å². The second-order valence-corrected chi connectivity index (χ2v) is 4.35. The number of nitrogens with one attached hydrogen (secondary N) is 1. The maximum atomic E-state index is 4.31. The summed E-state index contributed by atoms with van der Waals surface area (Å²) in [6, 6.07) is 10.8. The van der Waals surface area contributed by atoms with Gasteiger partial charge in [-0.15, -0.1) is 0 Å². The van der Waals surface area contributed by atoms with Crippen LogP contribution in [0, 0.1) is 0 Å². The molecule has 1 unspecified atom stereocenters. The molecule has 0 spiro atoms. The Kier molecular flexibility index (Phi) is 4.42. The zero-order valence-corrected chi connectivity index (χ0v) is 10.9. The van der Waals surface area contributed by atoms with E-state index in [0.717, 1.165) is 12.1 Å². The molecular weight excluding hydrogens is 222 g/mol. The maximum Gasteiger partial charge on any atom is 0.115 e. The number of benzene rings is 1. The number of rotatable bonds is 5. The Labute approximate surface area is 108 Å². The molecule has 0 amide bonds. The van der Waals surface area contributed by atoms with Crippen molar-refractivity contribution in [3.8, 4) is 0 Å². The predicted octanol–water partition coefficient (Wildman–Crippen LogP) is 2.74. The van der Waals surface area contributed by atoms with E-state index in [1.54, 1.807) is 12.5 Å². The molecule has 18 heavy (non-hydrogen) atoms. The highest BCUT2D eigenvalue weighted by Crippen LogP contribution is 2.20. The number of hydrogen-bond acceptors (Lipinski definition) is 3. The Morgan fingerprint density at radius 1 is 1.17 bits per heavy atom. The lowest BCUT2D eigenvalue weighted by atomic mass is 10.0. The van der Waals surface area contributed by atoms with Crippen molar-refractivity contribution in [1.82, 2.24) is 15.3 Å². The number of nitrogens with zero attached hydrogens (tertiary/aromatic N) is 2. The third-order valence-corrected chi connectivity index (χ3v) is 3.04. The van der Waals surface area contributed by atoms with Gasteiger partial charge in [-0.2, -0.15) is 0 Å². The molecule has 0 fully saturated rings. The van der Waals surface area contributed by atoms with E-state index in [4.69, 9.17) is 0 Å². The van der Waals surface area contributed by atoms with Crippen LogP contribution in [0.4, 0.5) is 0 Å². The van der Waals surface area contributed by atoms with Gasteiger partial charge in [-0.05, 0) is 30.7 Å². The Bertz CT molecular complexity index is 465. The van der Waals surface area contributed by atoms with Gasteiger partial charge in [0.1, 0.15) is 6.33 Å². The molecule has 1 heterocycles. The molecule has 3 heteroatoms. The fraction of sp³-hybridized carbons (Fsp3) is 0.333. The van der Waals surface area contributed by atoms with E-state index >= 15 is 0 Å². The summed E-state index contributed by atoms with van der Waals surface area (Å²) in [5.74, 6) is 0. The van der Waals surface area contributed by atoms with Crippen LogP contribution in [0.25, 0.3) is 0 Å². The first kappa shape index (κ1) is 12.7. The lowest BCUT2D eigenvalue weighted by molar-refractivity contribution is 0.668. The molecule has 94 valence electrons. The average Bonchev–Trinajstić information content (AvgIpc) is 2.43. The Hall–Kier alpha value is -1.74. The topological polar surface area (TPSA) is 37.8 Å². The first-order chi connectivity index (χ1) is 8.85. The van der Waals surface area contributed by atoms with E-state index in [9.17, 15) is 0 Å². The molecule has 2 aromatic rings. The van der Waals surface area contributed by atoms with E-state index in [1.807, 2.05) is 13.1 Å². The molecule has 0 aliphatic rings. The molecule has 0 saturated carbocycles. The molecule has 1 aromatic carbocycles. The van der Waals surface area contributed by atoms with E-state index in [1.165, 1.54) is 17.5 Å². The van der Waals surface area contributed by atoms with E-state index in [2.05, 4.69) is 46.5 Å². The van der Waals surface area contributed by atoms with Gasteiger partial charge in [-0.1, -0.05) is 37.6 Å². The van der Waals surface area contributed by atoms with Crippen LogP contribution in [0.3, 0.4) is 0 Å². The molecule has 1 atom stereocenters. The van der Waals surface area contributed by atoms with E-state index in [0.29, 0.717) is 0 Å². The summed E-state index contributed by atoms with van der Waals surface area (Å²) in [4.78, 5) is 8.27. The molecule has 0 saturated heterocycles. The fourth-order valence-electron chi connectivity index (χ4n) is 2.12. The van der Waals surface area contributed by atoms with Crippen LogP contribution in [0.2, 0.25) is 0 Å². The van der Waals surface area contributed by atoms with Crippen LogP contribution < -0.4 is 5.32 Å². The molecule has 1 aromatic heterocycles. The lowest BCUT2D eigenvalue weighted by Gasteiger charge is -2.16. The molecular formula is C15H19N3. The summed E-state index contributed by atoms with van der Waals surface area (Å²) >= 11 is 0. The SMILES string of the molecule is CCCc1ccc(C(NC)c2ccncn2)cc1. The molecule has 0 aliphatic carbocycles. The molecule has 3 nitrogen and oxygen atoms in total. The van der Waals surface area contributed by atoms with Crippen molar-refractivity contribution in [3.63, 3.8) is 0 Å². The van der Waals surface area contributed by atoms with Crippen molar-refractivity contribution in [1.29, 1.82) is 0 Å². The molecule has 0 radical (unpaired) electrons. The molecule has 0 bridgehead atoms. The van der Waals surface area contributed by atoms with Gasteiger partial charge < -0.3 is 5.32 Å². The van der Waals surface area contributed by atoms with Crippen molar-refractivity contribution in [2.45, 2.75) is 25.8 Å². The average molecular weight is 241 g/mol. The van der Waals surface area contributed by atoms with Gasteiger partial charge in [0, 0.05) is 6.20 Å². The van der Waals surface area contributed by atoms with Crippen molar-refractivity contribution in [2.75, 3.05) is 7.05 Å². The van der Waals surface area contributed by atoms with Gasteiger partial charge >= 0.3 is 0 Å². The second kappa shape index (κ2) is 6.26. The van der Waals surface area contributed by atoms with Crippen molar-refractivity contribution < 1.29 is 0 Å². The van der Waals surface area contributed by atoms with Crippen LogP contribution in [0.1, 0.15) is 36.2 Å². The quantitative estimate of drug-likeness (QED) is 0.874. The van der Waals surface area contributed by atoms with Gasteiger partial charge in [0.05, 0.1) is 11.7 Å². The number of aromatic nitrogens is 2. The van der Waals surface area contributed by atoms with E-state index < -0.39 is 0 Å². The van der Waals surface area contributed by atoms with E-state index in [-0.39, 0.29) is 6.04 Å². The van der Waals surface area contributed by atoms with Gasteiger partial charge in [-0.25, -0.2) is 9.97 Å². The summed E-state index contributed by atoms with van der Waals surface area (Å²) in [5, 5.41) is 3.30. The van der Waals surface area contributed by atoms with Crippen LogP contribution in [-0.4, -0.2) is 17.0 Å². The number of hydrogen-bond donors (Lipinski definition) is 1. The minimum absolute atomic E-state index is 0.128. The maximum absolute atomic E-state index is 4.31. The first-order valence-electron chi connectivity index (χ1n) is 6.37.